The van der Waals surface area contributed by atoms with Gasteiger partial charge in [0.15, 0.2) is 5.43 Å². The molecule has 1 heterocycles. The number of aromatic nitrogens is 1. The Morgan fingerprint density at radius 2 is 2.06 bits per heavy atom. The lowest BCUT2D eigenvalue weighted by Gasteiger charge is -2.20. The number of rotatable bonds is 2. The second kappa shape index (κ2) is 3.61. The van der Waals surface area contributed by atoms with Crippen molar-refractivity contribution in [3.05, 3.63) is 34.2 Å². The van der Waals surface area contributed by atoms with Gasteiger partial charge in [0.1, 0.15) is 11.1 Å². The van der Waals surface area contributed by atoms with E-state index in [2.05, 4.69) is 4.98 Å². The first-order valence-corrected chi connectivity index (χ1v) is 4.92. The van der Waals surface area contributed by atoms with E-state index in [1.807, 2.05) is 5.32 Å². The Kier molecular flexibility index (Phi) is 2.48. The maximum Gasteiger partial charge on any atom is 0.411 e. The quantitative estimate of drug-likeness (QED) is 0.823. The van der Waals surface area contributed by atoms with Crippen LogP contribution in [0.5, 0.6) is 0 Å². The van der Waals surface area contributed by atoms with Gasteiger partial charge in [0.05, 0.1) is 0 Å². The van der Waals surface area contributed by atoms with Crippen molar-refractivity contribution in [2.45, 2.75) is 24.6 Å². The molecule has 92 valence electrons. The predicted octanol–water partition coefficient (Wildman–Crippen LogP) is 1.20. The van der Waals surface area contributed by atoms with Gasteiger partial charge < -0.3 is 10.3 Å². The fourth-order valence-corrected chi connectivity index (χ4v) is 1.48. The second-order valence-electron chi connectivity index (χ2n) is 3.96. The number of hydrogen-bond acceptors (Lipinski definition) is 2. The molecule has 1 amide bonds. The third-order valence-corrected chi connectivity index (χ3v) is 2.71. The fraction of sp³-hybridized carbons (Fsp3) is 0.400. The van der Waals surface area contributed by atoms with Crippen molar-refractivity contribution >= 4 is 5.91 Å². The monoisotopic (exact) mass is 246 g/mol. The van der Waals surface area contributed by atoms with Crippen molar-refractivity contribution in [2.24, 2.45) is 0 Å². The predicted molar refractivity (Wildman–Crippen MR) is 52.5 cm³/mol. The fourth-order valence-electron chi connectivity index (χ4n) is 1.48. The second-order valence-corrected chi connectivity index (χ2v) is 3.96. The van der Waals surface area contributed by atoms with Crippen LogP contribution in [0.25, 0.3) is 0 Å². The first kappa shape index (κ1) is 11.7. The molecule has 1 aromatic rings. The molecule has 1 fully saturated rings. The van der Waals surface area contributed by atoms with Crippen molar-refractivity contribution in [1.82, 2.24) is 10.3 Å². The first-order chi connectivity index (χ1) is 7.86. The Labute approximate surface area is 93.8 Å². The molecule has 17 heavy (non-hydrogen) atoms. The Bertz CT molecular complexity index is 503. The van der Waals surface area contributed by atoms with Crippen LogP contribution in [0.4, 0.5) is 13.2 Å². The molecule has 1 aromatic heterocycles. The van der Waals surface area contributed by atoms with Crippen molar-refractivity contribution in [3.63, 3.8) is 0 Å². The minimum Gasteiger partial charge on any atom is -0.367 e. The maximum absolute atomic E-state index is 12.6. The summed E-state index contributed by atoms with van der Waals surface area (Å²) < 4.78 is 37.7. The normalized spacial score (nSPS) is 17.6. The molecule has 0 atom stereocenters. The van der Waals surface area contributed by atoms with Gasteiger partial charge >= 0.3 is 6.18 Å². The van der Waals surface area contributed by atoms with Gasteiger partial charge in [-0.25, -0.2) is 0 Å². The van der Waals surface area contributed by atoms with Gasteiger partial charge in [0.25, 0.3) is 5.91 Å². The lowest BCUT2D eigenvalue weighted by molar-refractivity contribution is -0.163. The maximum atomic E-state index is 12.6. The minimum absolute atomic E-state index is 0.146. The van der Waals surface area contributed by atoms with Crippen LogP contribution < -0.4 is 10.7 Å². The van der Waals surface area contributed by atoms with E-state index < -0.39 is 23.1 Å². The van der Waals surface area contributed by atoms with E-state index in [-0.39, 0.29) is 18.4 Å². The zero-order valence-corrected chi connectivity index (χ0v) is 8.60. The number of halogens is 3. The number of alkyl halides is 3. The third-order valence-electron chi connectivity index (χ3n) is 2.71. The summed E-state index contributed by atoms with van der Waals surface area (Å²) >= 11 is 0. The van der Waals surface area contributed by atoms with Gasteiger partial charge in [-0.3, -0.25) is 9.59 Å². The highest BCUT2D eigenvalue weighted by Crippen LogP contribution is 2.48. The van der Waals surface area contributed by atoms with Gasteiger partial charge in [-0.05, 0) is 12.8 Å². The summed E-state index contributed by atoms with van der Waals surface area (Å²) in [6.45, 7) is 0. The minimum atomic E-state index is -4.48. The van der Waals surface area contributed by atoms with E-state index in [0.717, 1.165) is 12.3 Å². The summed E-state index contributed by atoms with van der Waals surface area (Å²) in [5.74, 6) is -0.998. The highest BCUT2D eigenvalue weighted by atomic mass is 19.4. The molecule has 7 heteroatoms. The molecule has 2 rings (SSSR count). The molecule has 2 N–H and O–H groups in total. The number of amides is 1. The van der Waals surface area contributed by atoms with Crippen LogP contribution in [0.3, 0.4) is 0 Å². The number of nitrogens with one attached hydrogen (secondary N) is 2. The van der Waals surface area contributed by atoms with Crippen LogP contribution >= 0.6 is 0 Å². The number of pyridine rings is 1. The standard InChI is InChI=1S/C10H9F3N2O2/c11-10(12,13)9(2-3-9)15-8(17)6-5-14-4-1-7(6)16/h1,4-5H,2-3H2,(H,14,16)(H,15,17). The van der Waals surface area contributed by atoms with Crippen LogP contribution in [0.2, 0.25) is 0 Å². The lowest BCUT2D eigenvalue weighted by atomic mass is 10.2. The van der Waals surface area contributed by atoms with Gasteiger partial charge in [0.2, 0.25) is 0 Å². The number of carbonyl (C=O) groups excluding carboxylic acids is 1. The highest BCUT2D eigenvalue weighted by Gasteiger charge is 2.64. The average molecular weight is 246 g/mol. The molecule has 0 aromatic carbocycles. The Morgan fingerprint density at radius 3 is 2.53 bits per heavy atom. The smallest absolute Gasteiger partial charge is 0.367 e. The van der Waals surface area contributed by atoms with Crippen LogP contribution in [-0.4, -0.2) is 22.6 Å². The average Bonchev–Trinajstić information content (AvgIpc) is 2.98. The highest BCUT2D eigenvalue weighted by molar-refractivity contribution is 5.94. The number of carbonyl (C=O) groups is 1. The number of H-pyrrole nitrogens is 1. The summed E-state index contributed by atoms with van der Waals surface area (Å²) in [6, 6.07) is 1.09. The molecule has 0 unspecified atom stereocenters. The lowest BCUT2D eigenvalue weighted by Crippen LogP contribution is -2.48. The molecule has 0 bridgehead atoms. The van der Waals surface area contributed by atoms with Gasteiger partial charge in [0, 0.05) is 18.5 Å². The van der Waals surface area contributed by atoms with Gasteiger partial charge in [-0.15, -0.1) is 0 Å². The Hall–Kier alpha value is -1.79. The van der Waals surface area contributed by atoms with Crippen LogP contribution in [-0.2, 0) is 0 Å². The first-order valence-electron chi connectivity index (χ1n) is 4.92. The van der Waals surface area contributed by atoms with Gasteiger partial charge in [-0.1, -0.05) is 0 Å². The molecule has 0 spiro atoms. The Morgan fingerprint density at radius 1 is 1.41 bits per heavy atom. The summed E-state index contributed by atoms with van der Waals surface area (Å²) in [5, 5.41) is 1.88. The largest absolute Gasteiger partial charge is 0.411 e. The summed E-state index contributed by atoms with van der Waals surface area (Å²) in [4.78, 5) is 25.3. The Balaban J connectivity index is 2.19. The third kappa shape index (κ3) is 2.04. The zero-order valence-electron chi connectivity index (χ0n) is 8.60. The molecular formula is C10H9F3N2O2. The topological polar surface area (TPSA) is 62.0 Å². The van der Waals surface area contributed by atoms with E-state index in [9.17, 15) is 22.8 Å². The molecule has 4 nitrogen and oxygen atoms in total. The van der Waals surface area contributed by atoms with Crippen molar-refractivity contribution in [2.75, 3.05) is 0 Å². The molecule has 1 aliphatic carbocycles. The van der Waals surface area contributed by atoms with E-state index in [4.69, 9.17) is 0 Å². The zero-order chi connectivity index (χ0) is 12.7. The molecule has 1 saturated carbocycles. The number of aromatic amines is 1. The summed E-state index contributed by atoms with van der Waals surface area (Å²) in [5.41, 5.74) is -3.07. The van der Waals surface area contributed by atoms with Crippen LogP contribution in [0.1, 0.15) is 23.2 Å². The van der Waals surface area contributed by atoms with E-state index in [0.29, 0.717) is 0 Å². The number of hydrogen-bond donors (Lipinski definition) is 2. The van der Waals surface area contributed by atoms with Crippen molar-refractivity contribution < 1.29 is 18.0 Å². The molecular weight excluding hydrogens is 237 g/mol. The SMILES string of the molecule is O=C(NC1(C(F)(F)F)CC1)c1c[nH]ccc1=O. The van der Waals surface area contributed by atoms with E-state index in [1.165, 1.54) is 6.20 Å². The van der Waals surface area contributed by atoms with Gasteiger partial charge in [-0.2, -0.15) is 13.2 Å². The molecule has 1 aliphatic rings. The van der Waals surface area contributed by atoms with E-state index in [1.54, 1.807) is 0 Å². The van der Waals surface area contributed by atoms with E-state index >= 15 is 0 Å². The molecule has 0 aliphatic heterocycles. The molecule has 0 radical (unpaired) electrons. The van der Waals surface area contributed by atoms with Crippen molar-refractivity contribution in [1.29, 1.82) is 0 Å². The molecule has 0 saturated heterocycles. The van der Waals surface area contributed by atoms with Crippen LogP contribution in [0.15, 0.2) is 23.3 Å². The summed E-state index contributed by atoms with van der Waals surface area (Å²) in [6.07, 6.45) is -2.38. The van der Waals surface area contributed by atoms with Crippen molar-refractivity contribution in [3.8, 4) is 0 Å². The summed E-state index contributed by atoms with van der Waals surface area (Å²) in [7, 11) is 0. The van der Waals surface area contributed by atoms with Crippen LogP contribution in [0, 0.1) is 0 Å².